The van der Waals surface area contributed by atoms with Crippen LogP contribution in [0.15, 0.2) is 24.3 Å². The molecule has 0 saturated heterocycles. The molecule has 0 N–H and O–H groups in total. The molecule has 1 aromatic rings. The topological polar surface area (TPSA) is 43.4 Å². The molecule has 5 heteroatoms. The molecule has 0 aliphatic carbocycles. The molecule has 0 saturated carbocycles. The minimum Gasteiger partial charge on any atom is -0.548 e. The first-order valence-electron chi connectivity index (χ1n) is 5.72. The number of benzene rings is 1. The Morgan fingerprint density at radius 1 is 1.33 bits per heavy atom. The van der Waals surface area contributed by atoms with Gasteiger partial charge < -0.3 is 14.8 Å². The maximum absolute atomic E-state index is 10.7. The van der Waals surface area contributed by atoms with Gasteiger partial charge in [0.2, 0.25) is 0 Å². The van der Waals surface area contributed by atoms with Crippen molar-refractivity contribution in [3.63, 3.8) is 0 Å². The van der Waals surface area contributed by atoms with Crippen LogP contribution in [0.1, 0.15) is 12.5 Å². The number of thioether (sulfide) groups is 1. The zero-order valence-electron chi connectivity index (χ0n) is 11.3. The fourth-order valence-electron chi connectivity index (χ4n) is 1.53. The fourth-order valence-corrected chi connectivity index (χ4v) is 2.17. The van der Waals surface area contributed by atoms with Crippen LogP contribution in [0.4, 0.5) is 5.69 Å². The molecule has 0 aliphatic rings. The normalized spacial score (nSPS) is 9.67. The van der Waals surface area contributed by atoms with Crippen molar-refractivity contribution in [1.29, 1.82) is 0 Å². The van der Waals surface area contributed by atoms with E-state index in [1.165, 1.54) is 5.56 Å². The minimum atomic E-state index is -1.04. The Morgan fingerprint density at radius 3 is 2.44 bits per heavy atom. The Labute approximate surface area is 135 Å². The van der Waals surface area contributed by atoms with Crippen LogP contribution in [0.25, 0.3) is 0 Å². The van der Waals surface area contributed by atoms with Gasteiger partial charge in [0.15, 0.2) is 0 Å². The van der Waals surface area contributed by atoms with Gasteiger partial charge in [-0.15, -0.1) is 0 Å². The molecule has 0 fully saturated rings. The Bertz CT molecular complexity index is 357. The number of anilines is 1. The summed E-state index contributed by atoms with van der Waals surface area (Å²) >= 11 is 1.81. The molecule has 0 amide bonds. The third-order valence-corrected chi connectivity index (χ3v) is 3.31. The van der Waals surface area contributed by atoms with E-state index in [0.717, 1.165) is 23.7 Å². The van der Waals surface area contributed by atoms with Crippen LogP contribution in [0.2, 0.25) is 0 Å². The van der Waals surface area contributed by atoms with Crippen molar-refractivity contribution in [1.82, 2.24) is 0 Å². The molecule has 0 bridgehead atoms. The maximum atomic E-state index is 10.7. The van der Waals surface area contributed by atoms with Crippen LogP contribution < -0.4 is 39.6 Å². The van der Waals surface area contributed by atoms with Gasteiger partial charge in [-0.1, -0.05) is 24.6 Å². The van der Waals surface area contributed by atoms with E-state index in [4.69, 9.17) is 0 Å². The molecular weight excluding hydrogens is 257 g/mol. The zero-order valence-corrected chi connectivity index (χ0v) is 14.1. The molecule has 0 aliphatic heterocycles. The largest absolute Gasteiger partial charge is 1.00 e. The monoisotopic (exact) mass is 275 g/mol. The molecule has 0 atom stereocenters. The Kier molecular flexibility index (Phi) is 9.64. The predicted molar refractivity (Wildman–Crippen MR) is 71.4 cm³/mol. The van der Waals surface area contributed by atoms with Crippen LogP contribution in [0, 0.1) is 6.92 Å². The standard InChI is InChI=1S/C13H19NO2S.Na/c1-3-17-9-8-14(10-13(15)16)12-6-4-11(2)5-7-12;/h4-7H,3,8-10H2,1-2H3,(H,15,16);/q;+1/p-1. The molecular formula is C13H18NNaO2S. The van der Waals surface area contributed by atoms with Crippen molar-refractivity contribution in [2.24, 2.45) is 0 Å². The molecule has 0 spiro atoms. The zero-order chi connectivity index (χ0) is 12.7. The number of aryl methyl sites for hydroxylation is 1. The van der Waals surface area contributed by atoms with Gasteiger partial charge in [0, 0.05) is 18.0 Å². The van der Waals surface area contributed by atoms with Gasteiger partial charge >= 0.3 is 29.6 Å². The molecule has 0 radical (unpaired) electrons. The number of carboxylic acids is 1. The van der Waals surface area contributed by atoms with E-state index >= 15 is 0 Å². The summed E-state index contributed by atoms with van der Waals surface area (Å²) in [5, 5.41) is 10.7. The number of rotatable bonds is 7. The average Bonchev–Trinajstić information content (AvgIpc) is 2.28. The molecule has 0 aromatic heterocycles. The fraction of sp³-hybridized carbons (Fsp3) is 0.462. The van der Waals surface area contributed by atoms with Crippen molar-refractivity contribution >= 4 is 23.4 Å². The summed E-state index contributed by atoms with van der Waals surface area (Å²) in [6, 6.07) is 7.89. The molecule has 18 heavy (non-hydrogen) atoms. The summed E-state index contributed by atoms with van der Waals surface area (Å²) in [6.07, 6.45) is 0. The summed E-state index contributed by atoms with van der Waals surface area (Å²) in [7, 11) is 0. The summed E-state index contributed by atoms with van der Waals surface area (Å²) in [6.45, 7) is 4.79. The van der Waals surface area contributed by atoms with Crippen molar-refractivity contribution in [2.75, 3.05) is 29.5 Å². The molecule has 1 rings (SSSR count). The summed E-state index contributed by atoms with van der Waals surface area (Å²) in [5.74, 6) is 0.942. The third kappa shape index (κ3) is 6.69. The van der Waals surface area contributed by atoms with Crippen molar-refractivity contribution < 1.29 is 39.5 Å². The van der Waals surface area contributed by atoms with Crippen LogP contribution in [-0.2, 0) is 4.79 Å². The van der Waals surface area contributed by atoms with E-state index in [1.54, 1.807) is 11.8 Å². The number of carboxylic acid groups (broad SMARTS) is 1. The average molecular weight is 275 g/mol. The Hall–Kier alpha value is -0.160. The van der Waals surface area contributed by atoms with E-state index in [9.17, 15) is 9.90 Å². The van der Waals surface area contributed by atoms with Crippen LogP contribution >= 0.6 is 11.8 Å². The molecule has 1 aromatic carbocycles. The first-order chi connectivity index (χ1) is 8.13. The van der Waals surface area contributed by atoms with Gasteiger partial charge in [-0.2, -0.15) is 11.8 Å². The summed E-state index contributed by atoms with van der Waals surface area (Å²) < 4.78 is 0. The van der Waals surface area contributed by atoms with Gasteiger partial charge in [0.25, 0.3) is 0 Å². The maximum Gasteiger partial charge on any atom is 1.00 e. The first kappa shape index (κ1) is 17.8. The van der Waals surface area contributed by atoms with E-state index in [0.29, 0.717) is 0 Å². The minimum absolute atomic E-state index is 0. The van der Waals surface area contributed by atoms with E-state index < -0.39 is 5.97 Å². The smallest absolute Gasteiger partial charge is 0.548 e. The van der Waals surface area contributed by atoms with Gasteiger partial charge in [0.1, 0.15) is 0 Å². The third-order valence-electron chi connectivity index (χ3n) is 2.43. The summed E-state index contributed by atoms with van der Waals surface area (Å²) in [5.41, 5.74) is 2.11. The first-order valence-corrected chi connectivity index (χ1v) is 6.88. The molecule has 0 unspecified atom stereocenters. The van der Waals surface area contributed by atoms with Gasteiger partial charge in [-0.25, -0.2) is 0 Å². The van der Waals surface area contributed by atoms with Crippen molar-refractivity contribution in [3.05, 3.63) is 29.8 Å². The second-order valence-corrected chi connectivity index (χ2v) is 5.22. The van der Waals surface area contributed by atoms with E-state index in [2.05, 4.69) is 6.92 Å². The number of hydrogen-bond donors (Lipinski definition) is 0. The van der Waals surface area contributed by atoms with Crippen LogP contribution in [-0.4, -0.2) is 30.6 Å². The number of aliphatic carboxylic acids is 1. The molecule has 3 nitrogen and oxygen atoms in total. The second-order valence-electron chi connectivity index (χ2n) is 3.83. The van der Waals surface area contributed by atoms with Crippen LogP contribution in [0.3, 0.4) is 0 Å². The molecule has 94 valence electrons. The Balaban J connectivity index is 0.00000289. The SMILES string of the molecule is CCSCCN(CC(=O)[O-])c1ccc(C)cc1.[Na+]. The van der Waals surface area contributed by atoms with Gasteiger partial charge in [0.05, 0.1) is 12.5 Å². The number of hydrogen-bond acceptors (Lipinski definition) is 4. The predicted octanol–water partition coefficient (Wildman–Crippen LogP) is -1.69. The molecule has 0 heterocycles. The second kappa shape index (κ2) is 9.73. The quantitative estimate of drug-likeness (QED) is 0.440. The summed E-state index contributed by atoms with van der Waals surface area (Å²) in [4.78, 5) is 12.6. The van der Waals surface area contributed by atoms with E-state index in [1.807, 2.05) is 36.1 Å². The van der Waals surface area contributed by atoms with Gasteiger partial charge in [-0.05, 0) is 24.8 Å². The van der Waals surface area contributed by atoms with Gasteiger partial charge in [-0.3, -0.25) is 0 Å². The number of nitrogens with zero attached hydrogens (tertiary/aromatic N) is 1. The Morgan fingerprint density at radius 2 is 1.94 bits per heavy atom. The van der Waals surface area contributed by atoms with Crippen molar-refractivity contribution in [3.8, 4) is 0 Å². The van der Waals surface area contributed by atoms with Crippen LogP contribution in [0.5, 0.6) is 0 Å². The number of carbonyl (C=O) groups excluding carboxylic acids is 1. The van der Waals surface area contributed by atoms with Crippen molar-refractivity contribution in [2.45, 2.75) is 13.8 Å². The van der Waals surface area contributed by atoms with E-state index in [-0.39, 0.29) is 36.1 Å². The number of carbonyl (C=O) groups is 1.